The van der Waals surface area contributed by atoms with Crippen LogP contribution in [0.1, 0.15) is 44.6 Å². The predicted molar refractivity (Wildman–Crippen MR) is 84.8 cm³/mol. The van der Waals surface area contributed by atoms with Crippen LogP contribution in [0.2, 0.25) is 0 Å². The molecule has 120 valence electrons. The second kappa shape index (κ2) is 7.82. The van der Waals surface area contributed by atoms with E-state index in [4.69, 9.17) is 4.74 Å². The summed E-state index contributed by atoms with van der Waals surface area (Å²) in [6.07, 6.45) is 2.57. The van der Waals surface area contributed by atoms with Crippen molar-refractivity contribution in [2.24, 2.45) is 0 Å². The lowest BCUT2D eigenvalue weighted by Gasteiger charge is -2.15. The molecule has 0 radical (unpaired) electrons. The zero-order chi connectivity index (χ0) is 15.9. The summed E-state index contributed by atoms with van der Waals surface area (Å²) in [4.78, 5) is 23.7. The van der Waals surface area contributed by atoms with Gasteiger partial charge in [-0.2, -0.15) is 0 Å². The molecule has 1 aliphatic rings. The fourth-order valence-electron chi connectivity index (χ4n) is 2.43. The van der Waals surface area contributed by atoms with Crippen LogP contribution in [0.25, 0.3) is 0 Å². The molecule has 2 rings (SSSR count). The molecule has 1 aromatic rings. The van der Waals surface area contributed by atoms with Gasteiger partial charge in [0.1, 0.15) is 11.8 Å². The van der Waals surface area contributed by atoms with Gasteiger partial charge in [-0.05, 0) is 42.9 Å². The van der Waals surface area contributed by atoms with Gasteiger partial charge in [0.05, 0.1) is 0 Å². The Hall–Kier alpha value is -2.04. The predicted octanol–water partition coefficient (Wildman–Crippen LogP) is 1.97. The normalized spacial score (nSPS) is 18.5. The van der Waals surface area contributed by atoms with Crippen LogP contribution in [0.4, 0.5) is 0 Å². The highest BCUT2D eigenvalue weighted by atomic mass is 16.5. The van der Waals surface area contributed by atoms with E-state index >= 15 is 0 Å². The van der Waals surface area contributed by atoms with Crippen LogP contribution < -0.4 is 15.4 Å². The van der Waals surface area contributed by atoms with Crippen molar-refractivity contribution in [1.29, 1.82) is 0 Å². The molecule has 1 aliphatic heterocycles. The third kappa shape index (κ3) is 4.76. The molecule has 1 fully saturated rings. The third-order valence-electron chi connectivity index (χ3n) is 3.77. The monoisotopic (exact) mass is 304 g/mol. The molecule has 1 atom stereocenters. The van der Waals surface area contributed by atoms with Crippen molar-refractivity contribution in [3.8, 4) is 5.75 Å². The lowest BCUT2D eigenvalue weighted by atomic mass is 10.0. The molecule has 2 N–H and O–H groups in total. The Morgan fingerprint density at radius 1 is 1.41 bits per heavy atom. The van der Waals surface area contributed by atoms with Gasteiger partial charge in [0, 0.05) is 6.54 Å². The van der Waals surface area contributed by atoms with Gasteiger partial charge < -0.3 is 15.4 Å². The second-order valence-electron chi connectivity index (χ2n) is 5.92. The number of hydrogen-bond acceptors (Lipinski definition) is 3. The van der Waals surface area contributed by atoms with Crippen LogP contribution in [-0.2, 0) is 9.59 Å². The molecule has 1 aromatic carbocycles. The van der Waals surface area contributed by atoms with E-state index in [1.54, 1.807) is 0 Å². The molecule has 5 heteroatoms. The van der Waals surface area contributed by atoms with Crippen LogP contribution in [0.15, 0.2) is 24.3 Å². The molecule has 0 aromatic heterocycles. The molecule has 1 heterocycles. The third-order valence-corrected chi connectivity index (χ3v) is 3.77. The highest BCUT2D eigenvalue weighted by Gasteiger charge is 2.22. The summed E-state index contributed by atoms with van der Waals surface area (Å²) in [7, 11) is 0. The van der Waals surface area contributed by atoms with E-state index in [0.717, 1.165) is 12.8 Å². The molecule has 0 bridgehead atoms. The van der Waals surface area contributed by atoms with Gasteiger partial charge >= 0.3 is 0 Å². The minimum Gasteiger partial charge on any atom is -0.484 e. The summed E-state index contributed by atoms with van der Waals surface area (Å²) in [6, 6.07) is 7.28. The van der Waals surface area contributed by atoms with Gasteiger partial charge in [-0.25, -0.2) is 0 Å². The molecule has 0 saturated carbocycles. The first-order valence-corrected chi connectivity index (χ1v) is 7.86. The molecule has 0 spiro atoms. The molecule has 22 heavy (non-hydrogen) atoms. The van der Waals surface area contributed by atoms with Gasteiger partial charge in [-0.1, -0.05) is 26.0 Å². The SMILES string of the molecule is CC(C)c1cccc(OCC(=O)NC2CCCCNC2=O)c1. The number of carbonyl (C=O) groups is 2. The zero-order valence-corrected chi connectivity index (χ0v) is 13.2. The Morgan fingerprint density at radius 3 is 3.00 bits per heavy atom. The average Bonchev–Trinajstić information content (AvgIpc) is 2.70. The summed E-state index contributed by atoms with van der Waals surface area (Å²) in [5, 5.41) is 5.54. The lowest BCUT2D eigenvalue weighted by molar-refractivity contribution is -0.129. The van der Waals surface area contributed by atoms with Crippen LogP contribution in [-0.4, -0.2) is 31.0 Å². The number of ether oxygens (including phenoxy) is 1. The highest BCUT2D eigenvalue weighted by molar-refractivity contribution is 5.88. The number of hydrogen-bond donors (Lipinski definition) is 2. The zero-order valence-electron chi connectivity index (χ0n) is 13.2. The van der Waals surface area contributed by atoms with E-state index in [0.29, 0.717) is 24.6 Å². The Kier molecular flexibility index (Phi) is 5.81. The van der Waals surface area contributed by atoms with E-state index in [9.17, 15) is 9.59 Å². The van der Waals surface area contributed by atoms with Crippen LogP contribution in [0.3, 0.4) is 0 Å². The van der Waals surface area contributed by atoms with Crippen molar-refractivity contribution in [3.05, 3.63) is 29.8 Å². The van der Waals surface area contributed by atoms with Gasteiger partial charge in [0.25, 0.3) is 5.91 Å². The van der Waals surface area contributed by atoms with Crippen molar-refractivity contribution in [1.82, 2.24) is 10.6 Å². The van der Waals surface area contributed by atoms with Crippen molar-refractivity contribution < 1.29 is 14.3 Å². The highest BCUT2D eigenvalue weighted by Crippen LogP contribution is 2.20. The van der Waals surface area contributed by atoms with E-state index < -0.39 is 6.04 Å². The number of rotatable bonds is 5. The van der Waals surface area contributed by atoms with Crippen LogP contribution in [0.5, 0.6) is 5.75 Å². The summed E-state index contributed by atoms with van der Waals surface area (Å²) >= 11 is 0. The average molecular weight is 304 g/mol. The maximum Gasteiger partial charge on any atom is 0.258 e. The van der Waals surface area contributed by atoms with Gasteiger partial charge in [-0.15, -0.1) is 0 Å². The molecule has 1 unspecified atom stereocenters. The standard InChI is InChI=1S/C17H24N2O3/c1-12(2)13-6-5-7-14(10-13)22-11-16(20)19-15-8-3-4-9-18-17(15)21/h5-7,10,12,15H,3-4,8-9,11H2,1-2H3,(H,18,21)(H,19,20). The van der Waals surface area contributed by atoms with Crippen molar-refractivity contribution >= 4 is 11.8 Å². The van der Waals surface area contributed by atoms with Crippen LogP contribution in [0, 0.1) is 0 Å². The van der Waals surface area contributed by atoms with E-state index in [1.165, 1.54) is 5.56 Å². The smallest absolute Gasteiger partial charge is 0.258 e. The fourth-order valence-corrected chi connectivity index (χ4v) is 2.43. The van der Waals surface area contributed by atoms with Gasteiger partial charge in [0.15, 0.2) is 6.61 Å². The summed E-state index contributed by atoms with van der Waals surface area (Å²) in [5.41, 5.74) is 1.17. The summed E-state index contributed by atoms with van der Waals surface area (Å²) in [5.74, 6) is 0.711. The quantitative estimate of drug-likeness (QED) is 0.874. The van der Waals surface area contributed by atoms with E-state index in [2.05, 4.69) is 24.5 Å². The van der Waals surface area contributed by atoms with E-state index in [-0.39, 0.29) is 18.4 Å². The maximum absolute atomic E-state index is 11.9. The lowest BCUT2D eigenvalue weighted by Crippen LogP contribution is -2.46. The Labute approximate surface area is 131 Å². The van der Waals surface area contributed by atoms with Gasteiger partial charge in [0.2, 0.25) is 5.91 Å². The Balaban J connectivity index is 1.84. The van der Waals surface area contributed by atoms with Crippen molar-refractivity contribution in [2.45, 2.75) is 45.1 Å². The van der Waals surface area contributed by atoms with E-state index in [1.807, 2.05) is 24.3 Å². The second-order valence-corrected chi connectivity index (χ2v) is 5.92. The first kappa shape index (κ1) is 16.3. The molecule has 5 nitrogen and oxygen atoms in total. The number of amides is 2. The first-order valence-electron chi connectivity index (χ1n) is 7.86. The van der Waals surface area contributed by atoms with Crippen molar-refractivity contribution in [2.75, 3.05) is 13.2 Å². The van der Waals surface area contributed by atoms with Crippen molar-refractivity contribution in [3.63, 3.8) is 0 Å². The number of carbonyl (C=O) groups excluding carboxylic acids is 2. The minimum atomic E-state index is -0.444. The molecule has 1 saturated heterocycles. The Morgan fingerprint density at radius 2 is 2.23 bits per heavy atom. The van der Waals surface area contributed by atoms with Crippen LogP contribution >= 0.6 is 0 Å². The first-order chi connectivity index (χ1) is 10.6. The summed E-state index contributed by atoms with van der Waals surface area (Å²) in [6.45, 7) is 4.82. The number of benzene rings is 1. The minimum absolute atomic E-state index is 0.0780. The largest absolute Gasteiger partial charge is 0.484 e. The fraction of sp³-hybridized carbons (Fsp3) is 0.529. The maximum atomic E-state index is 11.9. The summed E-state index contributed by atoms with van der Waals surface area (Å²) < 4.78 is 5.52. The Bertz CT molecular complexity index is 528. The molecular weight excluding hydrogens is 280 g/mol. The molecular formula is C17H24N2O3. The van der Waals surface area contributed by atoms with Gasteiger partial charge in [-0.3, -0.25) is 9.59 Å². The molecule has 0 aliphatic carbocycles. The molecule has 2 amide bonds. The number of nitrogens with one attached hydrogen (secondary N) is 2. The topological polar surface area (TPSA) is 67.4 Å².